The molecule has 0 aromatic heterocycles. The van der Waals surface area contributed by atoms with E-state index in [4.69, 9.17) is 9.47 Å². The molecule has 3 rings (SSSR count). The summed E-state index contributed by atoms with van der Waals surface area (Å²) < 4.78 is 38.7. The quantitative estimate of drug-likeness (QED) is 0.257. The Kier molecular flexibility index (Phi) is 10.9. The van der Waals surface area contributed by atoms with E-state index in [1.807, 2.05) is 0 Å². The van der Waals surface area contributed by atoms with Crippen molar-refractivity contribution >= 4 is 29.7 Å². The average Bonchev–Trinajstić information content (AvgIpc) is 2.94. The van der Waals surface area contributed by atoms with Crippen LogP contribution in [0.15, 0.2) is 65.6 Å². The number of hydrogen-bond donors (Lipinski definition) is 1. The number of halogens is 2. The lowest BCUT2D eigenvalue weighted by Crippen LogP contribution is -2.43. The Balaban J connectivity index is 1.67. The highest BCUT2D eigenvalue weighted by molar-refractivity contribution is 7.98. The van der Waals surface area contributed by atoms with Crippen LogP contribution in [0.5, 0.6) is 5.75 Å². The van der Waals surface area contributed by atoms with E-state index in [-0.39, 0.29) is 25.3 Å². The Hall–Kier alpha value is -4.12. The minimum atomic E-state index is -1.18. The molecule has 0 fully saturated rings. The van der Waals surface area contributed by atoms with E-state index >= 15 is 0 Å². The van der Waals surface area contributed by atoms with Crippen molar-refractivity contribution < 1.29 is 37.7 Å². The molecule has 0 atom stereocenters. The van der Waals surface area contributed by atoms with E-state index in [1.165, 1.54) is 35.8 Å². The Labute approximate surface area is 248 Å². The highest BCUT2D eigenvalue weighted by Crippen LogP contribution is 2.33. The first kappa shape index (κ1) is 32.4. The number of carboxylic acids is 1. The normalized spacial score (nSPS) is 11.1. The molecule has 0 aliphatic carbocycles. The monoisotopic (exact) mass is 600 g/mol. The van der Waals surface area contributed by atoms with Gasteiger partial charge in [0.2, 0.25) is 0 Å². The summed E-state index contributed by atoms with van der Waals surface area (Å²) in [7, 11) is 1.52. The standard InChI is InChI=1S/C31H34F2N2O6S/c1-31(2,3)41-30(39)34(4)13-14-35(18-28(36)37)29(38)22-8-6-7-20(15-22)19-40-23-11-9-21(10-12-23)24-16-25(32)26(33)17-27(24)42-5/h6-12,15-17H,13-14,18-19H2,1-5H3,(H,36,37). The molecule has 3 aromatic carbocycles. The number of rotatable bonds is 11. The van der Waals surface area contributed by atoms with E-state index < -0.39 is 41.7 Å². The van der Waals surface area contributed by atoms with Gasteiger partial charge in [-0.2, -0.15) is 0 Å². The summed E-state index contributed by atoms with van der Waals surface area (Å²) in [5, 5.41) is 9.36. The molecule has 0 bridgehead atoms. The van der Waals surface area contributed by atoms with Crippen molar-refractivity contribution in [3.8, 4) is 16.9 Å². The lowest BCUT2D eigenvalue weighted by Gasteiger charge is -2.27. The van der Waals surface area contributed by atoms with Crippen molar-refractivity contribution in [2.45, 2.75) is 37.9 Å². The minimum absolute atomic E-state index is 0.00976. The van der Waals surface area contributed by atoms with Gasteiger partial charge in [-0.25, -0.2) is 13.6 Å². The van der Waals surface area contributed by atoms with Crippen LogP contribution in [0.2, 0.25) is 0 Å². The fourth-order valence-corrected chi connectivity index (χ4v) is 4.53. The molecule has 11 heteroatoms. The molecule has 0 saturated carbocycles. The van der Waals surface area contributed by atoms with Crippen molar-refractivity contribution in [2.75, 3.05) is 32.9 Å². The number of carbonyl (C=O) groups is 3. The van der Waals surface area contributed by atoms with Crippen LogP contribution in [0.4, 0.5) is 13.6 Å². The second-order valence-corrected chi connectivity index (χ2v) is 11.4. The van der Waals surface area contributed by atoms with E-state index in [0.717, 1.165) is 4.90 Å². The Morgan fingerprint density at radius 1 is 0.952 bits per heavy atom. The molecule has 8 nitrogen and oxygen atoms in total. The highest BCUT2D eigenvalue weighted by atomic mass is 32.2. The SMILES string of the molecule is CSc1cc(F)c(F)cc1-c1ccc(OCc2cccc(C(=O)N(CCN(C)C(=O)OC(C)(C)C)CC(=O)O)c2)cc1. The second kappa shape index (κ2) is 14.2. The summed E-state index contributed by atoms with van der Waals surface area (Å²) in [5.41, 5.74) is 1.54. The number of thioether (sulfide) groups is 1. The van der Waals surface area contributed by atoms with Crippen LogP contribution < -0.4 is 4.74 Å². The van der Waals surface area contributed by atoms with Gasteiger partial charge < -0.3 is 24.4 Å². The summed E-state index contributed by atoms with van der Waals surface area (Å²) in [6.45, 7) is 4.87. The molecule has 1 N–H and O–H groups in total. The fraction of sp³-hybridized carbons (Fsp3) is 0.323. The third kappa shape index (κ3) is 9.20. The van der Waals surface area contributed by atoms with E-state index in [0.29, 0.717) is 27.3 Å². The highest BCUT2D eigenvalue weighted by Gasteiger charge is 2.23. The van der Waals surface area contributed by atoms with Gasteiger partial charge in [0.1, 0.15) is 24.5 Å². The summed E-state index contributed by atoms with van der Waals surface area (Å²) in [6, 6.07) is 15.9. The van der Waals surface area contributed by atoms with Gasteiger partial charge in [-0.15, -0.1) is 11.8 Å². The number of carboxylic acid groups (broad SMARTS) is 1. The predicted octanol–water partition coefficient (Wildman–Crippen LogP) is 6.33. The maximum absolute atomic E-state index is 13.8. The molecular weight excluding hydrogens is 566 g/mol. The molecule has 0 spiro atoms. The third-order valence-corrected chi connectivity index (χ3v) is 6.79. The van der Waals surface area contributed by atoms with Crippen LogP contribution in [0, 0.1) is 11.6 Å². The summed E-state index contributed by atoms with van der Waals surface area (Å²) in [5.74, 6) is -2.98. The molecule has 0 saturated heterocycles. The first-order valence-electron chi connectivity index (χ1n) is 13.1. The Bertz CT molecular complexity index is 1430. The van der Waals surface area contributed by atoms with Crippen LogP contribution in [0.25, 0.3) is 11.1 Å². The van der Waals surface area contributed by atoms with E-state index in [9.17, 15) is 28.3 Å². The Morgan fingerprint density at radius 3 is 2.24 bits per heavy atom. The number of amides is 2. The van der Waals surface area contributed by atoms with Gasteiger partial charge in [-0.1, -0.05) is 24.3 Å². The van der Waals surface area contributed by atoms with Crippen LogP contribution in [0.1, 0.15) is 36.7 Å². The topological polar surface area (TPSA) is 96.4 Å². The van der Waals surface area contributed by atoms with Crippen LogP contribution in [0.3, 0.4) is 0 Å². The van der Waals surface area contributed by atoms with Crippen LogP contribution >= 0.6 is 11.8 Å². The number of hydrogen-bond acceptors (Lipinski definition) is 6. The Morgan fingerprint density at radius 2 is 1.62 bits per heavy atom. The molecule has 224 valence electrons. The van der Waals surface area contributed by atoms with Gasteiger partial charge in [0.25, 0.3) is 5.91 Å². The lowest BCUT2D eigenvalue weighted by atomic mass is 10.1. The van der Waals surface area contributed by atoms with Crippen molar-refractivity contribution in [2.24, 2.45) is 0 Å². The largest absolute Gasteiger partial charge is 0.489 e. The van der Waals surface area contributed by atoms with Crippen LogP contribution in [-0.2, 0) is 16.1 Å². The van der Waals surface area contributed by atoms with Crippen LogP contribution in [-0.4, -0.2) is 71.4 Å². The number of ether oxygens (including phenoxy) is 2. The molecule has 0 unspecified atom stereocenters. The predicted molar refractivity (Wildman–Crippen MR) is 157 cm³/mol. The van der Waals surface area contributed by atoms with Gasteiger partial charge in [-0.3, -0.25) is 9.59 Å². The summed E-state index contributed by atoms with van der Waals surface area (Å²) in [4.78, 5) is 40.0. The number of nitrogens with zero attached hydrogens (tertiary/aromatic N) is 2. The molecule has 0 radical (unpaired) electrons. The van der Waals surface area contributed by atoms with Gasteiger partial charge in [-0.05, 0) is 80.1 Å². The number of aliphatic carboxylic acids is 1. The van der Waals surface area contributed by atoms with Gasteiger partial charge in [0.15, 0.2) is 11.6 Å². The molecule has 0 aliphatic heterocycles. The summed E-state index contributed by atoms with van der Waals surface area (Å²) >= 11 is 1.32. The molecule has 42 heavy (non-hydrogen) atoms. The van der Waals surface area contributed by atoms with Gasteiger partial charge in [0, 0.05) is 30.6 Å². The fourth-order valence-electron chi connectivity index (χ4n) is 3.91. The molecule has 0 aliphatic rings. The van der Waals surface area contributed by atoms with Crippen molar-refractivity contribution in [3.05, 3.63) is 83.4 Å². The number of benzene rings is 3. The lowest BCUT2D eigenvalue weighted by molar-refractivity contribution is -0.137. The zero-order valence-corrected chi connectivity index (χ0v) is 25.0. The average molecular weight is 601 g/mol. The van der Waals surface area contributed by atoms with E-state index in [1.54, 1.807) is 75.6 Å². The third-order valence-electron chi connectivity index (χ3n) is 6.01. The molecule has 3 aromatic rings. The zero-order chi connectivity index (χ0) is 31.0. The first-order valence-corrected chi connectivity index (χ1v) is 14.3. The van der Waals surface area contributed by atoms with Crippen molar-refractivity contribution in [1.29, 1.82) is 0 Å². The van der Waals surface area contributed by atoms with Crippen molar-refractivity contribution in [3.63, 3.8) is 0 Å². The van der Waals surface area contributed by atoms with E-state index in [2.05, 4.69) is 0 Å². The van der Waals surface area contributed by atoms with Crippen molar-refractivity contribution in [1.82, 2.24) is 9.80 Å². The smallest absolute Gasteiger partial charge is 0.410 e. The summed E-state index contributed by atoms with van der Waals surface area (Å²) in [6.07, 6.45) is 1.21. The minimum Gasteiger partial charge on any atom is -0.489 e. The zero-order valence-electron chi connectivity index (χ0n) is 24.1. The maximum atomic E-state index is 13.8. The van der Waals surface area contributed by atoms with Gasteiger partial charge in [0.05, 0.1) is 0 Å². The number of likely N-dealkylation sites (N-methyl/N-ethyl adjacent to an activating group) is 1. The molecular formula is C31H34F2N2O6S. The molecule has 0 heterocycles. The maximum Gasteiger partial charge on any atom is 0.410 e. The number of carbonyl (C=O) groups excluding carboxylic acids is 2. The molecule has 2 amide bonds. The first-order chi connectivity index (χ1) is 19.8. The van der Waals surface area contributed by atoms with Gasteiger partial charge >= 0.3 is 12.1 Å². The second-order valence-electron chi connectivity index (χ2n) is 10.5.